The minimum Gasteiger partial charge on any atom is -0.316 e. The molecule has 0 aliphatic heterocycles. The molecule has 0 radical (unpaired) electrons. The van der Waals surface area contributed by atoms with Crippen LogP contribution in [-0.4, -0.2) is 29.3 Å². The van der Waals surface area contributed by atoms with Crippen molar-refractivity contribution in [3.05, 3.63) is 45.3 Å². The molecule has 1 aliphatic rings. The van der Waals surface area contributed by atoms with Crippen LogP contribution in [0, 0.1) is 20.8 Å². The topological polar surface area (TPSA) is 61.4 Å². The Balaban J connectivity index is 1.52. The number of hydrogen-bond donors (Lipinski definition) is 0. The van der Waals surface area contributed by atoms with Crippen molar-refractivity contribution in [2.45, 2.75) is 39.0 Å². The quantitative estimate of drug-likeness (QED) is 0.540. The molecule has 138 valence electrons. The van der Waals surface area contributed by atoms with Gasteiger partial charge in [0.25, 0.3) is 0 Å². The van der Waals surface area contributed by atoms with Crippen LogP contribution in [-0.2, 0) is 14.1 Å². The van der Waals surface area contributed by atoms with Crippen molar-refractivity contribution in [3.63, 3.8) is 0 Å². The zero-order valence-corrected chi connectivity index (χ0v) is 17.0. The Morgan fingerprint density at radius 1 is 1.07 bits per heavy atom. The summed E-state index contributed by atoms with van der Waals surface area (Å²) in [7, 11) is 4.02. The maximum absolute atomic E-state index is 4.89. The number of rotatable bonds is 3. The molecule has 4 heterocycles. The van der Waals surface area contributed by atoms with E-state index in [1.165, 1.54) is 4.88 Å². The van der Waals surface area contributed by atoms with Crippen molar-refractivity contribution in [2.75, 3.05) is 0 Å². The third-order valence-electron chi connectivity index (χ3n) is 5.58. The summed E-state index contributed by atoms with van der Waals surface area (Å²) in [5.74, 6) is 2.04. The van der Waals surface area contributed by atoms with E-state index in [2.05, 4.69) is 35.9 Å². The number of aromatic nitrogens is 6. The van der Waals surface area contributed by atoms with Crippen LogP contribution in [0.3, 0.4) is 0 Å². The first-order chi connectivity index (χ1) is 12.9. The average Bonchev–Trinajstić information content (AvgIpc) is 3.01. The Morgan fingerprint density at radius 3 is 2.63 bits per heavy atom. The van der Waals surface area contributed by atoms with Gasteiger partial charge >= 0.3 is 0 Å². The van der Waals surface area contributed by atoms with Crippen LogP contribution < -0.4 is 0 Å². The summed E-state index contributed by atoms with van der Waals surface area (Å²) in [5, 5.41) is 5.94. The van der Waals surface area contributed by atoms with Gasteiger partial charge in [-0.25, -0.2) is 15.0 Å². The molecule has 0 saturated heterocycles. The van der Waals surface area contributed by atoms with Gasteiger partial charge in [0.15, 0.2) is 5.65 Å². The average molecular weight is 379 g/mol. The number of thiazole rings is 1. The Labute approximate surface area is 161 Å². The predicted octanol–water partition coefficient (Wildman–Crippen LogP) is 4.02. The van der Waals surface area contributed by atoms with E-state index in [4.69, 9.17) is 10.1 Å². The van der Waals surface area contributed by atoms with Gasteiger partial charge in [0.2, 0.25) is 0 Å². The molecule has 4 aromatic heterocycles. The summed E-state index contributed by atoms with van der Waals surface area (Å²) >= 11 is 1.80. The van der Waals surface area contributed by atoms with E-state index < -0.39 is 0 Å². The first-order valence-corrected chi connectivity index (χ1v) is 10.0. The molecule has 4 aromatic rings. The first kappa shape index (κ1) is 16.6. The summed E-state index contributed by atoms with van der Waals surface area (Å²) in [6, 6.07) is 4.32. The van der Waals surface area contributed by atoms with E-state index in [1.807, 2.05) is 36.5 Å². The summed E-state index contributed by atoms with van der Waals surface area (Å²) in [6.07, 6.45) is 3.18. The van der Waals surface area contributed by atoms with E-state index in [1.54, 1.807) is 11.3 Å². The fraction of sp³-hybridized carbons (Fsp3) is 0.400. The van der Waals surface area contributed by atoms with Crippen LogP contribution in [0.2, 0.25) is 0 Å². The smallest absolute Gasteiger partial charge is 0.160 e. The minimum absolute atomic E-state index is 0.494. The molecule has 1 saturated carbocycles. The molecule has 5 rings (SSSR count). The van der Waals surface area contributed by atoms with Crippen LogP contribution in [0.5, 0.6) is 0 Å². The van der Waals surface area contributed by atoms with E-state index in [-0.39, 0.29) is 0 Å². The molecule has 0 N–H and O–H groups in total. The van der Waals surface area contributed by atoms with Crippen LogP contribution in [0.25, 0.3) is 22.6 Å². The van der Waals surface area contributed by atoms with Crippen LogP contribution in [0.1, 0.15) is 45.2 Å². The largest absolute Gasteiger partial charge is 0.316 e. The molecular weight excluding hydrogens is 356 g/mol. The SMILES string of the molecule is Cc1ncc([C@@H]2C[C@H]2c2cc(-c3cc(C)c4nc(C)n(C)c4n3)n(C)n2)s1. The molecule has 7 heteroatoms. The molecule has 0 unspecified atom stereocenters. The number of hydrogen-bond acceptors (Lipinski definition) is 5. The molecule has 2 atom stereocenters. The molecule has 1 fully saturated rings. The fourth-order valence-corrected chi connectivity index (χ4v) is 4.80. The Morgan fingerprint density at radius 2 is 1.89 bits per heavy atom. The molecule has 6 nitrogen and oxygen atoms in total. The normalized spacial score (nSPS) is 19.1. The van der Waals surface area contributed by atoms with Gasteiger partial charge in [-0.05, 0) is 44.9 Å². The van der Waals surface area contributed by atoms with Gasteiger partial charge in [0.1, 0.15) is 11.3 Å². The van der Waals surface area contributed by atoms with Crippen molar-refractivity contribution in [3.8, 4) is 11.4 Å². The van der Waals surface area contributed by atoms with Crippen molar-refractivity contribution in [1.29, 1.82) is 0 Å². The summed E-state index contributed by atoms with van der Waals surface area (Å²) < 4.78 is 4.01. The summed E-state index contributed by atoms with van der Waals surface area (Å²) in [6.45, 7) is 6.17. The number of nitrogens with zero attached hydrogens (tertiary/aromatic N) is 6. The van der Waals surface area contributed by atoms with Crippen LogP contribution in [0.4, 0.5) is 0 Å². The van der Waals surface area contributed by atoms with E-state index in [9.17, 15) is 0 Å². The van der Waals surface area contributed by atoms with Gasteiger partial charge < -0.3 is 4.57 Å². The van der Waals surface area contributed by atoms with Gasteiger partial charge in [-0.2, -0.15) is 5.10 Å². The molecule has 0 spiro atoms. The van der Waals surface area contributed by atoms with Crippen LogP contribution in [0.15, 0.2) is 18.3 Å². The van der Waals surface area contributed by atoms with Gasteiger partial charge in [0.05, 0.1) is 22.1 Å². The lowest BCUT2D eigenvalue weighted by molar-refractivity contribution is 0.745. The van der Waals surface area contributed by atoms with Gasteiger partial charge in [-0.3, -0.25) is 4.68 Å². The second-order valence-corrected chi connectivity index (χ2v) is 8.79. The van der Waals surface area contributed by atoms with Crippen molar-refractivity contribution in [2.24, 2.45) is 14.1 Å². The zero-order chi connectivity index (χ0) is 18.9. The molecule has 0 aromatic carbocycles. The lowest BCUT2D eigenvalue weighted by Crippen LogP contribution is -1.98. The standard InChI is InChI=1S/C20H22N6S/c1-10-6-16(23-20-19(10)22-11(2)25(20)4)17-8-15(24-26(17)5)13-7-14(13)18-9-21-12(3)27-18/h6,8-9,13-14H,7H2,1-5H3/t13-,14-/m1/s1. The van der Waals surface area contributed by atoms with Crippen molar-refractivity contribution < 1.29 is 0 Å². The Kier molecular flexibility index (Phi) is 3.53. The lowest BCUT2D eigenvalue weighted by Gasteiger charge is -2.04. The van der Waals surface area contributed by atoms with E-state index >= 15 is 0 Å². The highest BCUT2D eigenvalue weighted by atomic mass is 32.1. The number of imidazole rings is 1. The maximum Gasteiger partial charge on any atom is 0.160 e. The van der Waals surface area contributed by atoms with E-state index in [0.29, 0.717) is 11.8 Å². The van der Waals surface area contributed by atoms with Crippen LogP contribution >= 0.6 is 11.3 Å². The number of pyridine rings is 1. The molecule has 27 heavy (non-hydrogen) atoms. The molecule has 0 bridgehead atoms. The third kappa shape index (κ3) is 2.60. The summed E-state index contributed by atoms with van der Waals surface area (Å²) in [4.78, 5) is 15.3. The lowest BCUT2D eigenvalue weighted by atomic mass is 10.1. The van der Waals surface area contributed by atoms with E-state index in [0.717, 1.165) is 51.1 Å². The Bertz CT molecular complexity index is 1180. The number of fused-ring (bicyclic) bond motifs is 1. The highest BCUT2D eigenvalue weighted by Crippen LogP contribution is 2.55. The summed E-state index contributed by atoms with van der Waals surface area (Å²) in [5.41, 5.74) is 6.21. The van der Waals surface area contributed by atoms with Crippen molar-refractivity contribution >= 4 is 22.5 Å². The second-order valence-electron chi connectivity index (χ2n) is 7.52. The van der Waals surface area contributed by atoms with Gasteiger partial charge in [-0.1, -0.05) is 0 Å². The molecule has 0 amide bonds. The third-order valence-corrected chi connectivity index (χ3v) is 6.62. The zero-order valence-electron chi connectivity index (χ0n) is 16.2. The predicted molar refractivity (Wildman–Crippen MR) is 107 cm³/mol. The maximum atomic E-state index is 4.89. The van der Waals surface area contributed by atoms with Gasteiger partial charge in [-0.15, -0.1) is 11.3 Å². The minimum atomic E-state index is 0.494. The highest BCUT2D eigenvalue weighted by molar-refractivity contribution is 7.11. The molecule has 1 aliphatic carbocycles. The monoisotopic (exact) mass is 378 g/mol. The van der Waals surface area contributed by atoms with Crippen molar-refractivity contribution in [1.82, 2.24) is 29.3 Å². The Hall–Kier alpha value is -2.54. The molecular formula is C20H22N6S. The highest BCUT2D eigenvalue weighted by Gasteiger charge is 2.42. The fourth-order valence-electron chi connectivity index (χ4n) is 3.84. The first-order valence-electron chi connectivity index (χ1n) is 9.19. The van der Waals surface area contributed by atoms with Gasteiger partial charge in [0, 0.05) is 37.0 Å². The second kappa shape index (κ2) is 5.73. The number of aryl methyl sites for hydroxylation is 5.